The molecule has 2 aromatic rings. The summed E-state index contributed by atoms with van der Waals surface area (Å²) >= 11 is 0. The van der Waals surface area contributed by atoms with Gasteiger partial charge in [-0.3, -0.25) is 4.79 Å². The van der Waals surface area contributed by atoms with E-state index in [1.807, 2.05) is 43.1 Å². The average Bonchev–Trinajstić information content (AvgIpc) is 2.53. The minimum absolute atomic E-state index is 0. The molecule has 2 aromatic carbocycles. The van der Waals surface area contributed by atoms with Crippen LogP contribution in [0.5, 0.6) is 0 Å². The van der Waals surface area contributed by atoms with Crippen molar-refractivity contribution in [1.29, 1.82) is 0 Å². The van der Waals surface area contributed by atoms with Crippen LogP contribution in [0.25, 0.3) is 11.1 Å². The van der Waals surface area contributed by atoms with Gasteiger partial charge < -0.3 is 10.2 Å². The highest BCUT2D eigenvalue weighted by molar-refractivity contribution is 5.85. The zero-order valence-electron chi connectivity index (χ0n) is 14.2. The van der Waals surface area contributed by atoms with Gasteiger partial charge in [0.05, 0.1) is 0 Å². The lowest BCUT2D eigenvalue weighted by Crippen LogP contribution is -2.49. The first kappa shape index (κ1) is 18.5. The number of benzene rings is 2. The summed E-state index contributed by atoms with van der Waals surface area (Å²) in [6.07, 6.45) is 0. The standard InChI is InChI=1S/C20H24N2O.ClH/c1-15(18-12-21-13-18)20(23)22(2)14-17-10-6-7-11-19(17)16-8-4-3-5-9-16;/h3-11,15,18,21H,12-14H2,1-2H3;1H. The van der Waals surface area contributed by atoms with E-state index in [0.717, 1.165) is 13.1 Å². The second kappa shape index (κ2) is 8.32. The fraction of sp³-hybridized carbons (Fsp3) is 0.350. The molecule has 0 radical (unpaired) electrons. The largest absolute Gasteiger partial charge is 0.341 e. The average molecular weight is 345 g/mol. The molecule has 1 amide bonds. The molecule has 0 saturated carbocycles. The van der Waals surface area contributed by atoms with Crippen LogP contribution in [0, 0.1) is 11.8 Å². The zero-order chi connectivity index (χ0) is 16.2. The number of rotatable bonds is 5. The van der Waals surface area contributed by atoms with Gasteiger partial charge in [-0.2, -0.15) is 0 Å². The van der Waals surface area contributed by atoms with Crippen LogP contribution in [0.15, 0.2) is 54.6 Å². The Hall–Kier alpha value is -1.84. The van der Waals surface area contributed by atoms with Crippen molar-refractivity contribution < 1.29 is 4.79 Å². The smallest absolute Gasteiger partial charge is 0.225 e. The van der Waals surface area contributed by atoms with Crippen molar-refractivity contribution in [3.8, 4) is 11.1 Å². The predicted octanol–water partition coefficient (Wildman–Crippen LogP) is 3.59. The quantitative estimate of drug-likeness (QED) is 0.899. The molecule has 0 aromatic heterocycles. The molecule has 1 fully saturated rings. The molecule has 1 unspecified atom stereocenters. The van der Waals surface area contributed by atoms with Gasteiger partial charge in [-0.1, -0.05) is 61.5 Å². The van der Waals surface area contributed by atoms with Crippen LogP contribution in [-0.4, -0.2) is 30.9 Å². The monoisotopic (exact) mass is 344 g/mol. The minimum atomic E-state index is 0. The fourth-order valence-electron chi connectivity index (χ4n) is 3.10. The molecule has 1 aliphatic heterocycles. The number of hydrogen-bond donors (Lipinski definition) is 1. The van der Waals surface area contributed by atoms with Crippen molar-refractivity contribution in [2.45, 2.75) is 13.5 Å². The molecular formula is C20H25ClN2O. The molecule has 1 aliphatic rings. The summed E-state index contributed by atoms with van der Waals surface area (Å²) < 4.78 is 0. The first-order chi connectivity index (χ1) is 11.2. The molecule has 0 bridgehead atoms. The van der Waals surface area contributed by atoms with Gasteiger partial charge in [0.1, 0.15) is 0 Å². The lowest BCUT2D eigenvalue weighted by atomic mass is 9.88. The Morgan fingerprint density at radius 3 is 2.38 bits per heavy atom. The maximum absolute atomic E-state index is 12.6. The highest BCUT2D eigenvalue weighted by Crippen LogP contribution is 2.25. The maximum Gasteiger partial charge on any atom is 0.225 e. The van der Waals surface area contributed by atoms with Gasteiger partial charge in [-0.15, -0.1) is 12.4 Å². The Morgan fingerprint density at radius 1 is 1.12 bits per heavy atom. The van der Waals surface area contributed by atoms with Crippen LogP contribution in [0.4, 0.5) is 0 Å². The van der Waals surface area contributed by atoms with Crippen LogP contribution in [0.2, 0.25) is 0 Å². The lowest BCUT2D eigenvalue weighted by Gasteiger charge is -2.34. The molecule has 4 heteroatoms. The first-order valence-electron chi connectivity index (χ1n) is 8.26. The highest BCUT2D eigenvalue weighted by Gasteiger charge is 2.30. The lowest BCUT2D eigenvalue weighted by molar-refractivity contribution is -0.136. The van der Waals surface area contributed by atoms with E-state index >= 15 is 0 Å². The van der Waals surface area contributed by atoms with Gasteiger partial charge in [0.25, 0.3) is 0 Å². The minimum Gasteiger partial charge on any atom is -0.341 e. The number of nitrogens with zero attached hydrogens (tertiary/aromatic N) is 1. The topological polar surface area (TPSA) is 32.3 Å². The van der Waals surface area contributed by atoms with Gasteiger partial charge in [0.15, 0.2) is 0 Å². The van der Waals surface area contributed by atoms with E-state index in [-0.39, 0.29) is 24.2 Å². The molecule has 1 saturated heterocycles. The van der Waals surface area contributed by atoms with Crippen molar-refractivity contribution in [2.24, 2.45) is 11.8 Å². The van der Waals surface area contributed by atoms with E-state index in [4.69, 9.17) is 0 Å². The van der Waals surface area contributed by atoms with E-state index in [9.17, 15) is 4.79 Å². The van der Waals surface area contributed by atoms with Gasteiger partial charge >= 0.3 is 0 Å². The molecule has 24 heavy (non-hydrogen) atoms. The molecule has 1 atom stereocenters. The summed E-state index contributed by atoms with van der Waals surface area (Å²) in [5.41, 5.74) is 3.58. The zero-order valence-corrected chi connectivity index (χ0v) is 15.1. The molecule has 3 nitrogen and oxygen atoms in total. The van der Waals surface area contributed by atoms with E-state index in [2.05, 4.69) is 35.6 Å². The number of carbonyl (C=O) groups is 1. The van der Waals surface area contributed by atoms with Crippen molar-refractivity contribution >= 4 is 18.3 Å². The van der Waals surface area contributed by atoms with Gasteiger partial charge in [-0.05, 0) is 35.7 Å². The number of nitrogens with one attached hydrogen (secondary N) is 1. The molecule has 1 heterocycles. The summed E-state index contributed by atoms with van der Waals surface area (Å²) in [6.45, 7) is 4.62. The summed E-state index contributed by atoms with van der Waals surface area (Å²) in [5.74, 6) is 0.804. The first-order valence-corrected chi connectivity index (χ1v) is 8.26. The summed E-state index contributed by atoms with van der Waals surface area (Å²) in [7, 11) is 1.91. The molecule has 1 N–H and O–H groups in total. The van der Waals surface area contributed by atoms with Crippen molar-refractivity contribution in [3.63, 3.8) is 0 Å². The van der Waals surface area contributed by atoms with Crippen molar-refractivity contribution in [1.82, 2.24) is 10.2 Å². The van der Waals surface area contributed by atoms with E-state index in [1.54, 1.807) is 0 Å². The molecule has 3 rings (SSSR count). The van der Waals surface area contributed by atoms with E-state index < -0.39 is 0 Å². The van der Waals surface area contributed by atoms with Crippen LogP contribution in [0.1, 0.15) is 12.5 Å². The fourth-order valence-corrected chi connectivity index (χ4v) is 3.10. The third-order valence-corrected chi connectivity index (χ3v) is 4.80. The molecular weight excluding hydrogens is 320 g/mol. The Balaban J connectivity index is 0.00000208. The van der Waals surface area contributed by atoms with E-state index in [0.29, 0.717) is 12.5 Å². The van der Waals surface area contributed by atoms with Gasteiger partial charge in [-0.25, -0.2) is 0 Å². The third kappa shape index (κ3) is 3.97. The Labute approximate surface area is 150 Å². The highest BCUT2D eigenvalue weighted by atomic mass is 35.5. The molecule has 128 valence electrons. The third-order valence-electron chi connectivity index (χ3n) is 4.80. The van der Waals surface area contributed by atoms with Crippen LogP contribution < -0.4 is 5.32 Å². The molecule has 0 aliphatic carbocycles. The molecule has 0 spiro atoms. The van der Waals surface area contributed by atoms with Crippen molar-refractivity contribution in [3.05, 3.63) is 60.2 Å². The van der Waals surface area contributed by atoms with Crippen LogP contribution in [-0.2, 0) is 11.3 Å². The Morgan fingerprint density at radius 2 is 1.75 bits per heavy atom. The Bertz CT molecular complexity index is 670. The van der Waals surface area contributed by atoms with Crippen LogP contribution in [0.3, 0.4) is 0 Å². The summed E-state index contributed by atoms with van der Waals surface area (Å²) in [4.78, 5) is 14.5. The second-order valence-corrected chi connectivity index (χ2v) is 6.42. The van der Waals surface area contributed by atoms with E-state index in [1.165, 1.54) is 16.7 Å². The predicted molar refractivity (Wildman–Crippen MR) is 101 cm³/mol. The van der Waals surface area contributed by atoms with Gasteiger partial charge in [0, 0.05) is 19.5 Å². The number of halogens is 1. The number of hydrogen-bond acceptors (Lipinski definition) is 2. The van der Waals surface area contributed by atoms with Crippen LogP contribution >= 0.6 is 12.4 Å². The summed E-state index contributed by atoms with van der Waals surface area (Å²) in [5, 5.41) is 3.25. The second-order valence-electron chi connectivity index (χ2n) is 6.42. The number of carbonyl (C=O) groups excluding carboxylic acids is 1. The summed E-state index contributed by atoms with van der Waals surface area (Å²) in [6, 6.07) is 18.7. The normalized spacial score (nSPS) is 15.1. The van der Waals surface area contributed by atoms with Crippen molar-refractivity contribution in [2.75, 3.05) is 20.1 Å². The maximum atomic E-state index is 12.6. The number of amides is 1. The SMILES string of the molecule is CC(C(=O)N(C)Cc1ccccc1-c1ccccc1)C1CNC1.Cl. The van der Waals surface area contributed by atoms with Gasteiger partial charge in [0.2, 0.25) is 5.91 Å². The Kier molecular flexibility index (Phi) is 6.41.